The van der Waals surface area contributed by atoms with Gasteiger partial charge in [0.15, 0.2) is 0 Å². The first-order valence-electron chi connectivity index (χ1n) is 6.20. The molecule has 0 aromatic heterocycles. The van der Waals surface area contributed by atoms with Crippen molar-refractivity contribution in [3.8, 4) is 0 Å². The Morgan fingerprint density at radius 1 is 1.50 bits per heavy atom. The van der Waals surface area contributed by atoms with Gasteiger partial charge in [-0.3, -0.25) is 10.1 Å². The van der Waals surface area contributed by atoms with Crippen LogP contribution in [0, 0.1) is 10.1 Å². The lowest BCUT2D eigenvalue weighted by Crippen LogP contribution is -2.38. The highest BCUT2D eigenvalue weighted by atomic mass is 79.9. The summed E-state index contributed by atoms with van der Waals surface area (Å²) in [5.41, 5.74) is -0.0375. The highest BCUT2D eigenvalue weighted by Crippen LogP contribution is 2.21. The smallest absolute Gasteiger partial charge is 0.270 e. The minimum absolute atomic E-state index is 0.0438. The summed E-state index contributed by atoms with van der Waals surface area (Å²) in [6.45, 7) is 3.04. The molecule has 20 heavy (non-hydrogen) atoms. The van der Waals surface area contributed by atoms with Gasteiger partial charge in [-0.05, 0) is 18.6 Å². The van der Waals surface area contributed by atoms with Crippen molar-refractivity contribution in [1.29, 1.82) is 0 Å². The first-order valence-corrected chi connectivity index (χ1v) is 6.99. The van der Waals surface area contributed by atoms with Gasteiger partial charge in [-0.1, -0.05) is 15.9 Å². The van der Waals surface area contributed by atoms with E-state index in [1.807, 2.05) is 6.07 Å². The van der Waals surface area contributed by atoms with Crippen LogP contribution in [0.4, 0.5) is 5.69 Å². The van der Waals surface area contributed by atoms with Gasteiger partial charge in [0, 0.05) is 49.8 Å². The molecule has 2 N–H and O–H groups in total. The van der Waals surface area contributed by atoms with Gasteiger partial charge < -0.3 is 15.2 Å². The average molecular weight is 347 g/mol. The lowest BCUT2D eigenvalue weighted by atomic mass is 10.0. The second-order valence-electron chi connectivity index (χ2n) is 4.92. The van der Waals surface area contributed by atoms with E-state index in [1.165, 1.54) is 12.1 Å². The van der Waals surface area contributed by atoms with Crippen molar-refractivity contribution in [2.24, 2.45) is 0 Å². The van der Waals surface area contributed by atoms with Gasteiger partial charge in [0.05, 0.1) is 10.5 Å². The lowest BCUT2D eigenvalue weighted by Gasteiger charge is -2.23. The molecule has 6 nitrogen and oxygen atoms in total. The predicted molar refractivity (Wildman–Crippen MR) is 79.6 cm³/mol. The number of nitro groups is 1. The molecule has 0 radical (unpaired) electrons. The Bertz CT molecular complexity index is 466. The molecule has 1 unspecified atom stereocenters. The first kappa shape index (κ1) is 17.0. The Balaban J connectivity index is 2.55. The van der Waals surface area contributed by atoms with Crippen LogP contribution in [0.15, 0.2) is 22.7 Å². The summed E-state index contributed by atoms with van der Waals surface area (Å²) in [6.07, 6.45) is 0.523. The Labute approximate surface area is 126 Å². The molecule has 112 valence electrons. The maximum absolute atomic E-state index is 10.8. The van der Waals surface area contributed by atoms with E-state index in [0.29, 0.717) is 30.6 Å². The third-order valence-electron chi connectivity index (χ3n) is 2.83. The molecule has 0 saturated heterocycles. The number of hydrogen-bond donors (Lipinski definition) is 2. The summed E-state index contributed by atoms with van der Waals surface area (Å²) in [5, 5.41) is 23.9. The molecule has 1 aromatic carbocycles. The van der Waals surface area contributed by atoms with Crippen molar-refractivity contribution >= 4 is 21.6 Å². The first-order chi connectivity index (χ1) is 9.34. The fraction of sp³-hybridized carbons (Fsp3) is 0.538. The van der Waals surface area contributed by atoms with Gasteiger partial charge in [-0.15, -0.1) is 0 Å². The molecule has 0 fully saturated rings. The molecule has 0 amide bonds. The number of halogens is 1. The SMILES string of the molecule is COCCC(C)(O)CNCc1cc(Br)cc([N+](=O)[O-])c1. The van der Waals surface area contributed by atoms with Crippen molar-refractivity contribution < 1.29 is 14.8 Å². The van der Waals surface area contributed by atoms with Crippen LogP contribution < -0.4 is 5.32 Å². The number of nitro benzene ring substituents is 1. The summed E-state index contributed by atoms with van der Waals surface area (Å²) in [5.74, 6) is 0. The summed E-state index contributed by atoms with van der Waals surface area (Å²) in [4.78, 5) is 10.3. The molecule has 0 heterocycles. The molecule has 1 rings (SSSR count). The van der Waals surface area contributed by atoms with Crippen LogP contribution in [-0.2, 0) is 11.3 Å². The van der Waals surface area contributed by atoms with Crippen LogP contribution in [0.2, 0.25) is 0 Å². The van der Waals surface area contributed by atoms with Crippen molar-refractivity contribution in [2.75, 3.05) is 20.3 Å². The fourth-order valence-corrected chi connectivity index (χ4v) is 2.26. The summed E-state index contributed by atoms with van der Waals surface area (Å²) in [6, 6.07) is 4.78. The van der Waals surface area contributed by atoms with Crippen molar-refractivity contribution in [3.05, 3.63) is 38.3 Å². The lowest BCUT2D eigenvalue weighted by molar-refractivity contribution is -0.385. The third kappa shape index (κ3) is 5.96. The topological polar surface area (TPSA) is 84.6 Å². The molecule has 0 aliphatic carbocycles. The zero-order chi connectivity index (χ0) is 15.2. The van der Waals surface area contributed by atoms with Crippen LogP contribution in [0.5, 0.6) is 0 Å². The Kier molecular flexibility index (Phi) is 6.54. The highest BCUT2D eigenvalue weighted by Gasteiger charge is 2.19. The number of aliphatic hydroxyl groups is 1. The summed E-state index contributed by atoms with van der Waals surface area (Å²) < 4.78 is 5.59. The minimum Gasteiger partial charge on any atom is -0.389 e. The van der Waals surface area contributed by atoms with Crippen LogP contribution >= 0.6 is 15.9 Å². The third-order valence-corrected chi connectivity index (χ3v) is 3.29. The van der Waals surface area contributed by atoms with Gasteiger partial charge in [0.25, 0.3) is 5.69 Å². The maximum atomic E-state index is 10.8. The van der Waals surface area contributed by atoms with Gasteiger partial charge in [0.1, 0.15) is 0 Å². The maximum Gasteiger partial charge on any atom is 0.270 e. The van der Waals surface area contributed by atoms with Crippen LogP contribution in [-0.4, -0.2) is 35.9 Å². The molecule has 0 saturated carbocycles. The van der Waals surface area contributed by atoms with Gasteiger partial charge >= 0.3 is 0 Å². The molecule has 0 bridgehead atoms. The van der Waals surface area contributed by atoms with Crippen molar-refractivity contribution in [1.82, 2.24) is 5.32 Å². The highest BCUT2D eigenvalue weighted by molar-refractivity contribution is 9.10. The van der Waals surface area contributed by atoms with E-state index in [9.17, 15) is 15.2 Å². The van der Waals surface area contributed by atoms with E-state index in [2.05, 4.69) is 21.2 Å². The number of nitrogens with one attached hydrogen (secondary N) is 1. The number of benzene rings is 1. The van der Waals surface area contributed by atoms with Gasteiger partial charge in [0.2, 0.25) is 0 Å². The van der Waals surface area contributed by atoms with Crippen LogP contribution in [0.3, 0.4) is 0 Å². The summed E-state index contributed by atoms with van der Waals surface area (Å²) >= 11 is 3.25. The second kappa shape index (κ2) is 7.68. The predicted octanol–water partition coefficient (Wildman–Crippen LogP) is 2.23. The number of hydrogen-bond acceptors (Lipinski definition) is 5. The fourth-order valence-electron chi connectivity index (χ4n) is 1.73. The van der Waals surface area contributed by atoms with Crippen LogP contribution in [0.1, 0.15) is 18.9 Å². The zero-order valence-electron chi connectivity index (χ0n) is 11.6. The van der Waals surface area contributed by atoms with Gasteiger partial charge in [-0.2, -0.15) is 0 Å². The number of non-ortho nitro benzene ring substituents is 1. The molecule has 0 aliphatic heterocycles. The number of methoxy groups -OCH3 is 1. The van der Waals surface area contributed by atoms with E-state index < -0.39 is 10.5 Å². The van der Waals surface area contributed by atoms with Crippen LogP contribution in [0.25, 0.3) is 0 Å². The van der Waals surface area contributed by atoms with E-state index in [0.717, 1.165) is 5.56 Å². The molecule has 1 aromatic rings. The summed E-state index contributed by atoms with van der Waals surface area (Å²) in [7, 11) is 1.59. The molecular formula is C13H19BrN2O4. The van der Waals surface area contributed by atoms with Crippen molar-refractivity contribution in [2.45, 2.75) is 25.5 Å². The largest absolute Gasteiger partial charge is 0.389 e. The number of rotatable bonds is 8. The van der Waals surface area contributed by atoms with E-state index in [-0.39, 0.29) is 5.69 Å². The monoisotopic (exact) mass is 346 g/mol. The van der Waals surface area contributed by atoms with E-state index in [4.69, 9.17) is 4.74 Å². The normalized spacial score (nSPS) is 14.0. The number of nitrogens with zero attached hydrogens (tertiary/aromatic N) is 1. The molecule has 7 heteroatoms. The van der Waals surface area contributed by atoms with E-state index >= 15 is 0 Å². The minimum atomic E-state index is -0.867. The number of ether oxygens (including phenoxy) is 1. The van der Waals surface area contributed by atoms with Gasteiger partial charge in [-0.25, -0.2) is 0 Å². The quantitative estimate of drug-likeness (QED) is 0.557. The molecule has 1 atom stereocenters. The Hall–Kier alpha value is -1.02. The molecular weight excluding hydrogens is 328 g/mol. The Morgan fingerprint density at radius 3 is 2.80 bits per heavy atom. The molecule has 0 aliphatic rings. The van der Waals surface area contributed by atoms with E-state index in [1.54, 1.807) is 14.0 Å². The average Bonchev–Trinajstić information content (AvgIpc) is 2.35. The van der Waals surface area contributed by atoms with Crippen molar-refractivity contribution in [3.63, 3.8) is 0 Å². The Morgan fingerprint density at radius 2 is 2.20 bits per heavy atom. The standard InChI is InChI=1S/C13H19BrN2O4/c1-13(17,3-4-20-2)9-15-8-10-5-11(14)7-12(6-10)16(18)19/h5-7,15,17H,3-4,8-9H2,1-2H3. The second-order valence-corrected chi connectivity index (χ2v) is 5.83. The molecule has 0 spiro atoms. The zero-order valence-corrected chi connectivity index (χ0v) is 13.1.